The molecule has 0 saturated carbocycles. The summed E-state index contributed by atoms with van der Waals surface area (Å²) in [6.45, 7) is 5.48. The molecule has 0 aliphatic carbocycles. The van der Waals surface area contributed by atoms with E-state index in [1.807, 2.05) is 30.5 Å². The topological polar surface area (TPSA) is 54.4 Å². The van der Waals surface area contributed by atoms with Crippen molar-refractivity contribution in [2.24, 2.45) is 5.41 Å². The van der Waals surface area contributed by atoms with Crippen LogP contribution in [0.1, 0.15) is 18.6 Å². The monoisotopic (exact) mass is 362 g/mol. The van der Waals surface area contributed by atoms with Gasteiger partial charge in [0.25, 0.3) is 0 Å². The van der Waals surface area contributed by atoms with Crippen molar-refractivity contribution < 1.29 is 13.5 Å². The van der Waals surface area contributed by atoms with Gasteiger partial charge in [-0.3, -0.25) is 0 Å². The SMILES string of the molecule is C=CC(C)(CS(=O)(=O)c1ccccc1)C(O)c1ccc(SC)cc1. The average Bonchev–Trinajstić information content (AvgIpc) is 2.61. The highest BCUT2D eigenvalue weighted by Crippen LogP contribution is 2.38. The summed E-state index contributed by atoms with van der Waals surface area (Å²) in [7, 11) is -3.53. The van der Waals surface area contributed by atoms with Crippen molar-refractivity contribution >= 4 is 21.6 Å². The fourth-order valence-corrected chi connectivity index (χ4v) is 4.78. The van der Waals surface area contributed by atoms with Crippen LogP contribution in [-0.2, 0) is 9.84 Å². The van der Waals surface area contributed by atoms with Gasteiger partial charge in [0, 0.05) is 10.3 Å². The van der Waals surface area contributed by atoms with Crippen molar-refractivity contribution in [3.63, 3.8) is 0 Å². The Morgan fingerprint density at radius 2 is 1.75 bits per heavy atom. The second-order valence-corrected chi connectivity index (χ2v) is 8.83. The normalized spacial score (nSPS) is 15.5. The molecular formula is C19H22O3S2. The highest BCUT2D eigenvalue weighted by molar-refractivity contribution is 7.98. The first-order valence-corrected chi connectivity index (χ1v) is 10.4. The van der Waals surface area contributed by atoms with Crippen molar-refractivity contribution in [1.82, 2.24) is 0 Å². The first-order chi connectivity index (χ1) is 11.3. The molecule has 2 aromatic rings. The summed E-state index contributed by atoms with van der Waals surface area (Å²) < 4.78 is 25.4. The molecule has 2 aromatic carbocycles. The van der Waals surface area contributed by atoms with Crippen molar-refractivity contribution in [3.05, 3.63) is 72.8 Å². The average molecular weight is 363 g/mol. The van der Waals surface area contributed by atoms with Gasteiger partial charge in [-0.2, -0.15) is 0 Å². The molecule has 0 aromatic heterocycles. The van der Waals surface area contributed by atoms with Gasteiger partial charge in [0.2, 0.25) is 0 Å². The summed E-state index contributed by atoms with van der Waals surface area (Å²) in [5, 5.41) is 10.8. The van der Waals surface area contributed by atoms with E-state index in [-0.39, 0.29) is 10.6 Å². The number of aliphatic hydroxyl groups is 1. The Morgan fingerprint density at radius 3 is 2.25 bits per heavy atom. The molecule has 24 heavy (non-hydrogen) atoms. The van der Waals surface area contributed by atoms with E-state index in [9.17, 15) is 13.5 Å². The number of hydrogen-bond acceptors (Lipinski definition) is 4. The summed E-state index contributed by atoms with van der Waals surface area (Å²) in [6.07, 6.45) is 2.55. The van der Waals surface area contributed by atoms with Crippen LogP contribution in [0.25, 0.3) is 0 Å². The molecule has 0 fully saturated rings. The lowest BCUT2D eigenvalue weighted by Gasteiger charge is -2.31. The van der Waals surface area contributed by atoms with Crippen molar-refractivity contribution in [2.45, 2.75) is 22.8 Å². The van der Waals surface area contributed by atoms with E-state index in [0.29, 0.717) is 5.56 Å². The number of benzene rings is 2. The predicted octanol–water partition coefficient (Wildman–Crippen LogP) is 4.11. The van der Waals surface area contributed by atoms with Crippen LogP contribution in [0.4, 0.5) is 0 Å². The van der Waals surface area contributed by atoms with Crippen LogP contribution < -0.4 is 0 Å². The first-order valence-electron chi connectivity index (χ1n) is 7.56. The highest BCUT2D eigenvalue weighted by atomic mass is 32.2. The third kappa shape index (κ3) is 4.09. The van der Waals surface area contributed by atoms with Gasteiger partial charge in [-0.1, -0.05) is 43.3 Å². The highest BCUT2D eigenvalue weighted by Gasteiger charge is 2.36. The van der Waals surface area contributed by atoms with Crippen LogP contribution in [0.15, 0.2) is 77.0 Å². The first kappa shape index (κ1) is 18.8. The minimum Gasteiger partial charge on any atom is -0.387 e. The Labute approximate surface area is 148 Å². The lowest BCUT2D eigenvalue weighted by molar-refractivity contribution is 0.0840. The number of sulfone groups is 1. The summed E-state index contributed by atoms with van der Waals surface area (Å²) in [5.74, 6) is -0.209. The Bertz CT molecular complexity index is 783. The summed E-state index contributed by atoms with van der Waals surface area (Å²) >= 11 is 1.61. The molecule has 1 N–H and O–H groups in total. The van der Waals surface area contributed by atoms with Gasteiger partial charge >= 0.3 is 0 Å². The largest absolute Gasteiger partial charge is 0.387 e. The predicted molar refractivity (Wildman–Crippen MR) is 100.0 cm³/mol. The molecule has 0 aliphatic rings. The maximum atomic E-state index is 12.7. The molecule has 0 saturated heterocycles. The molecule has 0 heterocycles. The number of aliphatic hydroxyl groups excluding tert-OH is 1. The van der Waals surface area contributed by atoms with E-state index in [1.54, 1.807) is 49.0 Å². The van der Waals surface area contributed by atoms with E-state index in [1.165, 1.54) is 6.08 Å². The fourth-order valence-electron chi connectivity index (χ4n) is 2.54. The molecule has 2 unspecified atom stereocenters. The smallest absolute Gasteiger partial charge is 0.179 e. The lowest BCUT2D eigenvalue weighted by Crippen LogP contribution is -2.31. The van der Waals surface area contributed by atoms with Gasteiger partial charge < -0.3 is 5.11 Å². The van der Waals surface area contributed by atoms with Crippen LogP contribution in [0, 0.1) is 5.41 Å². The van der Waals surface area contributed by atoms with Crippen LogP contribution >= 0.6 is 11.8 Å². The third-order valence-corrected chi connectivity index (χ3v) is 6.86. The van der Waals surface area contributed by atoms with Gasteiger partial charge in [-0.05, 0) is 36.1 Å². The molecule has 0 aliphatic heterocycles. The zero-order valence-corrected chi connectivity index (χ0v) is 15.5. The Kier molecular flexibility index (Phi) is 5.91. The van der Waals surface area contributed by atoms with Crippen molar-refractivity contribution in [2.75, 3.05) is 12.0 Å². The third-order valence-electron chi connectivity index (χ3n) is 4.13. The summed E-state index contributed by atoms with van der Waals surface area (Å²) in [6, 6.07) is 15.8. The minimum atomic E-state index is -3.53. The second kappa shape index (κ2) is 7.55. The Morgan fingerprint density at radius 1 is 1.17 bits per heavy atom. The molecule has 0 spiro atoms. The van der Waals surface area contributed by atoms with Crippen LogP contribution in [0.5, 0.6) is 0 Å². The van der Waals surface area contributed by atoms with Gasteiger partial charge in [-0.15, -0.1) is 18.3 Å². The molecule has 3 nitrogen and oxygen atoms in total. The van der Waals surface area contributed by atoms with E-state index in [0.717, 1.165) is 4.90 Å². The number of thioether (sulfide) groups is 1. The minimum absolute atomic E-state index is 0.209. The molecular weight excluding hydrogens is 340 g/mol. The zero-order valence-electron chi connectivity index (χ0n) is 13.8. The molecule has 128 valence electrons. The summed E-state index contributed by atoms with van der Waals surface area (Å²) in [4.78, 5) is 1.34. The molecule has 2 rings (SSSR count). The number of rotatable bonds is 7. The van der Waals surface area contributed by atoms with E-state index in [4.69, 9.17) is 0 Å². The van der Waals surface area contributed by atoms with E-state index in [2.05, 4.69) is 6.58 Å². The maximum Gasteiger partial charge on any atom is 0.179 e. The Balaban J connectivity index is 2.31. The second-order valence-electron chi connectivity index (χ2n) is 5.96. The molecule has 0 radical (unpaired) electrons. The number of hydrogen-bond donors (Lipinski definition) is 1. The van der Waals surface area contributed by atoms with Crippen LogP contribution in [-0.4, -0.2) is 25.5 Å². The summed E-state index contributed by atoms with van der Waals surface area (Å²) in [5.41, 5.74) is -0.311. The van der Waals surface area contributed by atoms with E-state index >= 15 is 0 Å². The van der Waals surface area contributed by atoms with Crippen LogP contribution in [0.2, 0.25) is 0 Å². The van der Waals surface area contributed by atoms with Crippen LogP contribution in [0.3, 0.4) is 0 Å². The van der Waals surface area contributed by atoms with Gasteiger partial charge in [0.05, 0.1) is 16.8 Å². The van der Waals surface area contributed by atoms with Gasteiger partial charge in [0.15, 0.2) is 9.84 Å². The molecule has 0 bridgehead atoms. The zero-order chi connectivity index (χ0) is 17.8. The standard InChI is InChI=1S/C19H22O3S2/c1-4-19(2,14-24(21,22)17-8-6-5-7-9-17)18(20)15-10-12-16(23-3)13-11-15/h4-13,18,20H,1,14H2,2-3H3. The fraction of sp³-hybridized carbons (Fsp3) is 0.263. The lowest BCUT2D eigenvalue weighted by atomic mass is 9.82. The van der Waals surface area contributed by atoms with E-state index < -0.39 is 21.4 Å². The molecule has 0 amide bonds. The van der Waals surface area contributed by atoms with Crippen molar-refractivity contribution in [1.29, 1.82) is 0 Å². The van der Waals surface area contributed by atoms with Gasteiger partial charge in [0.1, 0.15) is 0 Å². The Hall–Kier alpha value is -1.56. The molecule has 2 atom stereocenters. The van der Waals surface area contributed by atoms with Gasteiger partial charge in [-0.25, -0.2) is 8.42 Å². The van der Waals surface area contributed by atoms with Crippen molar-refractivity contribution in [3.8, 4) is 0 Å². The molecule has 5 heteroatoms. The quantitative estimate of drug-likeness (QED) is 0.595. The maximum absolute atomic E-state index is 12.7.